The van der Waals surface area contributed by atoms with Gasteiger partial charge in [0.15, 0.2) is 0 Å². The highest BCUT2D eigenvalue weighted by atomic mass is 19.1. The normalized spacial score (nSPS) is 15.0. The molecule has 1 aromatic carbocycles. The molecule has 1 aromatic rings. The van der Waals surface area contributed by atoms with Crippen molar-refractivity contribution >= 4 is 5.97 Å². The maximum absolute atomic E-state index is 12.9. The van der Waals surface area contributed by atoms with Crippen LogP contribution in [0.1, 0.15) is 23.2 Å². The number of benzene rings is 1. The Bertz CT molecular complexity index is 385. The molecule has 0 amide bonds. The fraction of sp³-hybridized carbons (Fsp3) is 0.364. The van der Waals surface area contributed by atoms with Gasteiger partial charge in [0.05, 0.1) is 6.61 Å². The zero-order valence-corrected chi connectivity index (χ0v) is 8.07. The first kappa shape index (κ1) is 9.96. The SMILES string of the molecule is O=C(O)c1ccc(F)cc1OCC1CC1. The van der Waals surface area contributed by atoms with E-state index in [0.717, 1.165) is 25.0 Å². The van der Waals surface area contributed by atoms with Crippen molar-refractivity contribution in [3.05, 3.63) is 29.6 Å². The third kappa shape index (κ3) is 2.46. The zero-order valence-electron chi connectivity index (χ0n) is 8.07. The van der Waals surface area contributed by atoms with E-state index in [2.05, 4.69) is 0 Å². The predicted octanol–water partition coefficient (Wildman–Crippen LogP) is 2.31. The fourth-order valence-corrected chi connectivity index (χ4v) is 1.28. The molecule has 3 nitrogen and oxygen atoms in total. The van der Waals surface area contributed by atoms with E-state index in [0.29, 0.717) is 12.5 Å². The minimum Gasteiger partial charge on any atom is -0.492 e. The molecule has 1 aliphatic carbocycles. The van der Waals surface area contributed by atoms with Crippen molar-refractivity contribution in [2.45, 2.75) is 12.8 Å². The molecule has 80 valence electrons. The van der Waals surface area contributed by atoms with Crippen molar-refractivity contribution in [3.8, 4) is 5.75 Å². The van der Waals surface area contributed by atoms with Gasteiger partial charge in [0.1, 0.15) is 17.1 Å². The molecular weight excluding hydrogens is 199 g/mol. The van der Waals surface area contributed by atoms with Gasteiger partial charge < -0.3 is 9.84 Å². The topological polar surface area (TPSA) is 46.5 Å². The number of hydrogen-bond donors (Lipinski definition) is 1. The molecule has 1 N–H and O–H groups in total. The molecule has 4 heteroatoms. The summed E-state index contributed by atoms with van der Waals surface area (Å²) in [6.07, 6.45) is 2.22. The standard InChI is InChI=1S/C11H11FO3/c12-8-3-4-9(11(13)14)10(5-8)15-6-7-1-2-7/h3-5,7H,1-2,6H2,(H,13,14). The van der Waals surface area contributed by atoms with E-state index >= 15 is 0 Å². The van der Waals surface area contributed by atoms with Crippen molar-refractivity contribution in [1.82, 2.24) is 0 Å². The Balaban J connectivity index is 2.16. The lowest BCUT2D eigenvalue weighted by Crippen LogP contribution is -2.05. The number of ether oxygens (including phenoxy) is 1. The summed E-state index contributed by atoms with van der Waals surface area (Å²) in [7, 11) is 0. The van der Waals surface area contributed by atoms with Gasteiger partial charge in [-0.3, -0.25) is 0 Å². The van der Waals surface area contributed by atoms with E-state index in [9.17, 15) is 9.18 Å². The minimum absolute atomic E-state index is 0.0112. The van der Waals surface area contributed by atoms with Crippen LogP contribution < -0.4 is 4.74 Å². The number of carbonyl (C=O) groups is 1. The quantitative estimate of drug-likeness (QED) is 0.829. The Morgan fingerprint density at radius 3 is 2.87 bits per heavy atom. The van der Waals surface area contributed by atoms with Crippen molar-refractivity contribution in [2.24, 2.45) is 5.92 Å². The van der Waals surface area contributed by atoms with Gasteiger partial charge in [-0.05, 0) is 30.9 Å². The lowest BCUT2D eigenvalue weighted by atomic mass is 10.2. The maximum atomic E-state index is 12.9. The van der Waals surface area contributed by atoms with Crippen molar-refractivity contribution in [2.75, 3.05) is 6.61 Å². The molecule has 0 aliphatic heterocycles. The van der Waals surface area contributed by atoms with Gasteiger partial charge in [0.2, 0.25) is 0 Å². The number of rotatable bonds is 4. The monoisotopic (exact) mass is 210 g/mol. The fourth-order valence-electron chi connectivity index (χ4n) is 1.28. The lowest BCUT2D eigenvalue weighted by Gasteiger charge is -2.08. The summed E-state index contributed by atoms with van der Waals surface area (Å²) < 4.78 is 18.2. The van der Waals surface area contributed by atoms with E-state index in [1.165, 1.54) is 6.07 Å². The second kappa shape index (κ2) is 3.88. The van der Waals surface area contributed by atoms with E-state index in [4.69, 9.17) is 9.84 Å². The van der Waals surface area contributed by atoms with E-state index in [-0.39, 0.29) is 11.3 Å². The molecule has 0 aromatic heterocycles. The third-order valence-electron chi connectivity index (χ3n) is 2.35. The van der Waals surface area contributed by atoms with Crippen LogP contribution in [0.4, 0.5) is 4.39 Å². The highest BCUT2D eigenvalue weighted by Crippen LogP contribution is 2.30. The average molecular weight is 210 g/mol. The summed E-state index contributed by atoms with van der Waals surface area (Å²) in [5, 5.41) is 8.83. The summed E-state index contributed by atoms with van der Waals surface area (Å²) in [6, 6.07) is 3.46. The summed E-state index contributed by atoms with van der Waals surface area (Å²) in [5.74, 6) is -0.948. The van der Waals surface area contributed by atoms with E-state index in [1.807, 2.05) is 0 Å². The first-order valence-electron chi connectivity index (χ1n) is 4.82. The maximum Gasteiger partial charge on any atom is 0.339 e. The van der Waals surface area contributed by atoms with Crippen LogP contribution in [0.2, 0.25) is 0 Å². The van der Waals surface area contributed by atoms with Gasteiger partial charge in [0.25, 0.3) is 0 Å². The summed E-state index contributed by atoms with van der Waals surface area (Å²) in [4.78, 5) is 10.8. The smallest absolute Gasteiger partial charge is 0.339 e. The highest BCUT2D eigenvalue weighted by molar-refractivity contribution is 5.90. The van der Waals surface area contributed by atoms with Gasteiger partial charge in [-0.1, -0.05) is 0 Å². The molecular formula is C11H11FO3. The van der Waals surface area contributed by atoms with Gasteiger partial charge >= 0.3 is 5.97 Å². The predicted molar refractivity (Wildman–Crippen MR) is 51.6 cm³/mol. The van der Waals surface area contributed by atoms with Crippen LogP contribution in [0.25, 0.3) is 0 Å². The van der Waals surface area contributed by atoms with Gasteiger partial charge in [-0.15, -0.1) is 0 Å². The highest BCUT2D eigenvalue weighted by Gasteiger charge is 2.23. The second-order valence-electron chi connectivity index (χ2n) is 3.70. The van der Waals surface area contributed by atoms with Gasteiger partial charge in [-0.2, -0.15) is 0 Å². The van der Waals surface area contributed by atoms with E-state index < -0.39 is 11.8 Å². The van der Waals surface area contributed by atoms with Gasteiger partial charge in [0, 0.05) is 6.07 Å². The Hall–Kier alpha value is -1.58. The van der Waals surface area contributed by atoms with Crippen molar-refractivity contribution in [1.29, 1.82) is 0 Å². The molecule has 1 saturated carbocycles. The Labute approximate surface area is 86.5 Å². The number of carboxylic acids is 1. The number of carboxylic acid groups (broad SMARTS) is 1. The molecule has 0 saturated heterocycles. The van der Waals surface area contributed by atoms with E-state index in [1.54, 1.807) is 0 Å². The Kier molecular flexibility index (Phi) is 2.58. The molecule has 0 radical (unpaired) electrons. The number of aromatic carboxylic acids is 1. The van der Waals surface area contributed by atoms with Crippen molar-refractivity contribution < 1.29 is 19.0 Å². The van der Waals surface area contributed by atoms with Crippen LogP contribution in [-0.4, -0.2) is 17.7 Å². The molecule has 1 aliphatic rings. The zero-order chi connectivity index (χ0) is 10.8. The number of hydrogen-bond acceptors (Lipinski definition) is 2. The summed E-state index contributed by atoms with van der Waals surface area (Å²) >= 11 is 0. The van der Waals surface area contributed by atoms with Gasteiger partial charge in [-0.25, -0.2) is 9.18 Å². The summed E-state index contributed by atoms with van der Waals surface area (Å²) in [6.45, 7) is 0.476. The molecule has 0 unspecified atom stereocenters. The lowest BCUT2D eigenvalue weighted by molar-refractivity contribution is 0.0692. The molecule has 15 heavy (non-hydrogen) atoms. The Morgan fingerprint density at radius 1 is 1.53 bits per heavy atom. The molecule has 0 bridgehead atoms. The second-order valence-corrected chi connectivity index (χ2v) is 3.70. The molecule has 1 fully saturated rings. The average Bonchev–Trinajstić information content (AvgIpc) is 2.97. The Morgan fingerprint density at radius 2 is 2.27 bits per heavy atom. The van der Waals surface area contributed by atoms with Crippen LogP contribution in [0.15, 0.2) is 18.2 Å². The molecule has 0 atom stereocenters. The molecule has 2 rings (SSSR count). The molecule has 0 spiro atoms. The summed E-state index contributed by atoms with van der Waals surface area (Å²) in [5.41, 5.74) is 0.0112. The van der Waals surface area contributed by atoms with Crippen molar-refractivity contribution in [3.63, 3.8) is 0 Å². The third-order valence-corrected chi connectivity index (χ3v) is 2.35. The first-order valence-corrected chi connectivity index (χ1v) is 4.82. The van der Waals surface area contributed by atoms with Crippen LogP contribution in [-0.2, 0) is 0 Å². The van der Waals surface area contributed by atoms with Crippen LogP contribution in [0.3, 0.4) is 0 Å². The molecule has 0 heterocycles. The van der Waals surface area contributed by atoms with Crippen LogP contribution >= 0.6 is 0 Å². The van der Waals surface area contributed by atoms with Crippen LogP contribution in [0, 0.1) is 11.7 Å². The van der Waals surface area contributed by atoms with Crippen LogP contribution in [0.5, 0.6) is 5.75 Å². The largest absolute Gasteiger partial charge is 0.492 e. The minimum atomic E-state index is -1.10. The number of halogens is 1. The first-order chi connectivity index (χ1) is 7.16.